The van der Waals surface area contributed by atoms with Crippen molar-refractivity contribution in [1.29, 1.82) is 0 Å². The summed E-state index contributed by atoms with van der Waals surface area (Å²) in [7, 11) is 0. The van der Waals surface area contributed by atoms with Crippen molar-refractivity contribution >= 4 is 34.9 Å². The number of H-pyrrole nitrogens is 1. The first kappa shape index (κ1) is 12.7. The van der Waals surface area contributed by atoms with Crippen LogP contribution in [0.2, 0.25) is 5.02 Å². The van der Waals surface area contributed by atoms with Gasteiger partial charge in [-0.05, 0) is 36.2 Å². The van der Waals surface area contributed by atoms with Gasteiger partial charge in [-0.15, -0.1) is 0 Å². The molecule has 2 nitrogen and oxygen atoms in total. The van der Waals surface area contributed by atoms with E-state index in [4.69, 9.17) is 23.8 Å². The Kier molecular flexibility index (Phi) is 3.59. The average molecular weight is 269 g/mol. The molecular weight excluding hydrogens is 252 g/mol. The van der Waals surface area contributed by atoms with E-state index < -0.39 is 0 Å². The van der Waals surface area contributed by atoms with Gasteiger partial charge in [-0.25, -0.2) is 0 Å². The number of nitrogens with one attached hydrogen (secondary N) is 1. The molecule has 2 aromatic rings. The van der Waals surface area contributed by atoms with Crippen LogP contribution in [0.15, 0.2) is 18.2 Å². The lowest BCUT2D eigenvalue weighted by Gasteiger charge is -2.16. The van der Waals surface area contributed by atoms with Crippen molar-refractivity contribution in [3.63, 3.8) is 0 Å². The molecule has 1 N–H and O–H groups in total. The van der Waals surface area contributed by atoms with Crippen LogP contribution in [0.25, 0.3) is 11.0 Å². The van der Waals surface area contributed by atoms with E-state index in [1.807, 2.05) is 18.2 Å². The predicted molar refractivity (Wildman–Crippen MR) is 76.1 cm³/mol. The first-order chi connectivity index (χ1) is 8.00. The highest BCUT2D eigenvalue weighted by Crippen LogP contribution is 2.25. The van der Waals surface area contributed by atoms with Gasteiger partial charge >= 0.3 is 0 Å². The zero-order valence-electron chi connectivity index (χ0n) is 10.3. The molecule has 4 heteroatoms. The van der Waals surface area contributed by atoms with E-state index in [0.29, 0.717) is 11.8 Å². The minimum atomic E-state index is 0.567. The maximum atomic E-state index is 6.25. The second-order valence-corrected chi connectivity index (χ2v) is 5.69. The van der Waals surface area contributed by atoms with E-state index in [2.05, 4.69) is 30.3 Å². The maximum absolute atomic E-state index is 6.25. The number of hydrogen-bond donors (Lipinski definition) is 1. The first-order valence-corrected chi connectivity index (χ1v) is 6.66. The molecule has 92 valence electrons. The van der Waals surface area contributed by atoms with Gasteiger partial charge in [0.05, 0.1) is 16.1 Å². The van der Waals surface area contributed by atoms with E-state index in [9.17, 15) is 0 Å². The van der Waals surface area contributed by atoms with E-state index in [1.165, 1.54) is 0 Å². The highest BCUT2D eigenvalue weighted by Gasteiger charge is 2.13. The largest absolute Gasteiger partial charge is 0.331 e. The highest BCUT2D eigenvalue weighted by molar-refractivity contribution is 7.71. The molecule has 0 aliphatic heterocycles. The fourth-order valence-electron chi connectivity index (χ4n) is 1.85. The van der Waals surface area contributed by atoms with Crippen LogP contribution in [0.5, 0.6) is 0 Å². The molecule has 0 saturated carbocycles. The Balaban J connectivity index is 2.53. The molecule has 1 heterocycles. The van der Waals surface area contributed by atoms with Crippen LogP contribution in [0.4, 0.5) is 0 Å². The van der Waals surface area contributed by atoms with Gasteiger partial charge in [-0.3, -0.25) is 0 Å². The standard InChI is InChI=1S/C13H17ClN2S/c1-8(2)9(3)7-16-12-10(14)5-4-6-11(12)15-13(16)17/h4-6,8-9H,7H2,1-3H3,(H,15,17). The van der Waals surface area contributed by atoms with E-state index >= 15 is 0 Å². The average Bonchev–Trinajstić information content (AvgIpc) is 2.56. The summed E-state index contributed by atoms with van der Waals surface area (Å²) in [6.45, 7) is 7.60. The summed E-state index contributed by atoms with van der Waals surface area (Å²) in [6.07, 6.45) is 0. The number of fused-ring (bicyclic) bond motifs is 1. The minimum absolute atomic E-state index is 0.567. The Morgan fingerprint density at radius 2 is 2.06 bits per heavy atom. The van der Waals surface area contributed by atoms with Gasteiger partial charge in [0.2, 0.25) is 0 Å². The number of benzene rings is 1. The first-order valence-electron chi connectivity index (χ1n) is 5.87. The second-order valence-electron chi connectivity index (χ2n) is 4.90. The number of rotatable bonds is 3. The van der Waals surface area contributed by atoms with Gasteiger partial charge < -0.3 is 9.55 Å². The van der Waals surface area contributed by atoms with Crippen LogP contribution in [0, 0.1) is 16.6 Å². The molecule has 0 saturated heterocycles. The van der Waals surface area contributed by atoms with Gasteiger partial charge in [0.1, 0.15) is 0 Å². The number of nitrogens with zero attached hydrogens (tertiary/aromatic N) is 1. The van der Waals surface area contributed by atoms with Crippen molar-refractivity contribution in [2.24, 2.45) is 11.8 Å². The molecule has 0 fully saturated rings. The van der Waals surface area contributed by atoms with Gasteiger partial charge in [0.15, 0.2) is 4.77 Å². The molecule has 0 radical (unpaired) electrons. The van der Waals surface area contributed by atoms with Crippen LogP contribution < -0.4 is 0 Å². The molecule has 17 heavy (non-hydrogen) atoms. The summed E-state index contributed by atoms with van der Waals surface area (Å²) in [4.78, 5) is 3.21. The topological polar surface area (TPSA) is 20.7 Å². The number of aromatic amines is 1. The predicted octanol–water partition coefficient (Wildman–Crippen LogP) is 4.64. The number of hydrogen-bond acceptors (Lipinski definition) is 1. The third-order valence-electron chi connectivity index (χ3n) is 3.35. The van der Waals surface area contributed by atoms with Crippen molar-refractivity contribution in [2.45, 2.75) is 27.3 Å². The summed E-state index contributed by atoms with van der Waals surface area (Å²) < 4.78 is 2.86. The van der Waals surface area contributed by atoms with Crippen molar-refractivity contribution in [3.8, 4) is 0 Å². The SMILES string of the molecule is CC(C)C(C)Cn1c(=S)[nH]c2cccc(Cl)c21. The maximum Gasteiger partial charge on any atom is 0.178 e. The van der Waals surface area contributed by atoms with E-state index in [-0.39, 0.29) is 0 Å². The number of halogens is 1. The molecule has 0 aliphatic rings. The summed E-state index contributed by atoms with van der Waals surface area (Å²) in [5.74, 6) is 1.20. The van der Waals surface area contributed by atoms with Crippen LogP contribution in [-0.2, 0) is 6.54 Å². The molecular formula is C13H17ClN2S. The number of aromatic nitrogens is 2. The number of para-hydroxylation sites is 1. The molecule has 2 rings (SSSR count). The van der Waals surface area contributed by atoms with Crippen LogP contribution in [0.3, 0.4) is 0 Å². The summed E-state index contributed by atoms with van der Waals surface area (Å²) in [6, 6.07) is 5.85. The lowest BCUT2D eigenvalue weighted by molar-refractivity contribution is 0.367. The van der Waals surface area contributed by atoms with Gasteiger partial charge in [-0.1, -0.05) is 38.4 Å². The highest BCUT2D eigenvalue weighted by atomic mass is 35.5. The normalized spacial score (nSPS) is 13.5. The molecule has 0 aliphatic carbocycles. The molecule has 0 amide bonds. The molecule has 1 aromatic heterocycles. The van der Waals surface area contributed by atoms with Crippen LogP contribution >= 0.6 is 23.8 Å². The summed E-state index contributed by atoms with van der Waals surface area (Å²) in [5, 5.41) is 0.755. The molecule has 1 unspecified atom stereocenters. The van der Waals surface area contributed by atoms with E-state index in [0.717, 1.165) is 27.4 Å². The Hall–Kier alpha value is -0.800. The number of imidazole rings is 1. The molecule has 1 atom stereocenters. The Morgan fingerprint density at radius 3 is 2.71 bits per heavy atom. The fourth-order valence-corrected chi connectivity index (χ4v) is 2.40. The summed E-state index contributed by atoms with van der Waals surface area (Å²) in [5.41, 5.74) is 2.03. The minimum Gasteiger partial charge on any atom is -0.331 e. The zero-order valence-corrected chi connectivity index (χ0v) is 11.9. The summed E-state index contributed by atoms with van der Waals surface area (Å²) >= 11 is 11.6. The van der Waals surface area contributed by atoms with Crippen LogP contribution in [-0.4, -0.2) is 9.55 Å². The van der Waals surface area contributed by atoms with Gasteiger partial charge in [0, 0.05) is 6.54 Å². The van der Waals surface area contributed by atoms with Crippen molar-refractivity contribution in [1.82, 2.24) is 9.55 Å². The molecule has 0 bridgehead atoms. The van der Waals surface area contributed by atoms with Gasteiger partial charge in [-0.2, -0.15) is 0 Å². The zero-order chi connectivity index (χ0) is 12.6. The third kappa shape index (κ3) is 2.40. The quantitative estimate of drug-likeness (QED) is 0.804. The monoisotopic (exact) mass is 268 g/mol. The molecule has 0 spiro atoms. The third-order valence-corrected chi connectivity index (χ3v) is 3.98. The Labute approximate surface area is 112 Å². The Morgan fingerprint density at radius 1 is 1.35 bits per heavy atom. The fraction of sp³-hybridized carbons (Fsp3) is 0.462. The van der Waals surface area contributed by atoms with Crippen LogP contribution in [0.1, 0.15) is 20.8 Å². The van der Waals surface area contributed by atoms with Crippen molar-refractivity contribution < 1.29 is 0 Å². The molecule has 1 aromatic carbocycles. The lowest BCUT2D eigenvalue weighted by Crippen LogP contribution is -2.13. The van der Waals surface area contributed by atoms with Gasteiger partial charge in [0.25, 0.3) is 0 Å². The Bertz CT molecular complexity index is 583. The lowest BCUT2D eigenvalue weighted by atomic mass is 9.98. The smallest absolute Gasteiger partial charge is 0.178 e. The van der Waals surface area contributed by atoms with Crippen molar-refractivity contribution in [3.05, 3.63) is 28.0 Å². The van der Waals surface area contributed by atoms with Crippen molar-refractivity contribution in [2.75, 3.05) is 0 Å². The van der Waals surface area contributed by atoms with E-state index in [1.54, 1.807) is 0 Å². The second kappa shape index (κ2) is 4.83.